The number of anilines is 1. The summed E-state index contributed by atoms with van der Waals surface area (Å²) in [5, 5.41) is 8.00. The summed E-state index contributed by atoms with van der Waals surface area (Å²) in [5.74, 6) is 3.50. The Bertz CT molecular complexity index is 1380. The number of rotatable bonds is 6. The third-order valence-corrected chi connectivity index (χ3v) is 6.04. The Labute approximate surface area is 196 Å². The first kappa shape index (κ1) is 20.5. The van der Waals surface area contributed by atoms with Crippen molar-refractivity contribution in [2.24, 2.45) is 0 Å². The van der Waals surface area contributed by atoms with E-state index in [1.807, 2.05) is 18.3 Å². The van der Waals surface area contributed by atoms with Gasteiger partial charge >= 0.3 is 0 Å². The van der Waals surface area contributed by atoms with Gasteiger partial charge in [-0.2, -0.15) is 0 Å². The smallest absolute Gasteiger partial charge is 0.247 e. The summed E-state index contributed by atoms with van der Waals surface area (Å²) >= 11 is 0. The fraction of sp³-hybridized carbons (Fsp3) is 0.280. The molecule has 0 spiro atoms. The van der Waals surface area contributed by atoms with Crippen molar-refractivity contribution in [3.8, 4) is 28.7 Å². The second-order valence-electron chi connectivity index (χ2n) is 8.50. The lowest BCUT2D eigenvalue weighted by Crippen LogP contribution is -2.27. The molecule has 0 bridgehead atoms. The van der Waals surface area contributed by atoms with Crippen molar-refractivity contribution in [3.63, 3.8) is 0 Å². The average molecular weight is 454 g/mol. The van der Waals surface area contributed by atoms with Crippen molar-refractivity contribution in [1.82, 2.24) is 30.1 Å². The molecule has 34 heavy (non-hydrogen) atoms. The maximum Gasteiger partial charge on any atom is 0.247 e. The molecule has 170 valence electrons. The van der Waals surface area contributed by atoms with Crippen LogP contribution in [-0.4, -0.2) is 43.8 Å². The lowest BCUT2D eigenvalue weighted by molar-refractivity contribution is 0.397. The van der Waals surface area contributed by atoms with Gasteiger partial charge in [0.15, 0.2) is 5.82 Å². The predicted molar refractivity (Wildman–Crippen MR) is 126 cm³/mol. The Balaban J connectivity index is 1.32. The van der Waals surface area contributed by atoms with Crippen LogP contribution in [-0.2, 0) is 6.54 Å². The van der Waals surface area contributed by atoms with Gasteiger partial charge in [-0.15, -0.1) is 10.2 Å². The molecule has 0 N–H and O–H groups in total. The first-order valence-corrected chi connectivity index (χ1v) is 11.3. The highest BCUT2D eigenvalue weighted by Gasteiger charge is 2.32. The number of aromatic nitrogens is 6. The van der Waals surface area contributed by atoms with Crippen LogP contribution in [0.1, 0.15) is 41.5 Å². The summed E-state index contributed by atoms with van der Waals surface area (Å²) in [4.78, 5) is 20.7. The minimum atomic E-state index is 0.420. The molecule has 1 fully saturated rings. The largest absolute Gasteiger partial charge is 0.480 e. The average Bonchev–Trinajstić information content (AvgIpc) is 3.64. The van der Waals surface area contributed by atoms with Gasteiger partial charge in [0, 0.05) is 43.3 Å². The zero-order chi connectivity index (χ0) is 23.1. The first-order chi connectivity index (χ1) is 16.7. The molecule has 2 aliphatic rings. The number of benzene rings is 1. The summed E-state index contributed by atoms with van der Waals surface area (Å²) < 4.78 is 11.1. The fourth-order valence-corrected chi connectivity index (χ4v) is 4.21. The third-order valence-electron chi connectivity index (χ3n) is 6.04. The Hall–Kier alpha value is -4.14. The quantitative estimate of drug-likeness (QED) is 0.425. The third kappa shape index (κ3) is 3.79. The van der Waals surface area contributed by atoms with Crippen molar-refractivity contribution >= 4 is 11.9 Å². The molecule has 1 aromatic carbocycles. The van der Waals surface area contributed by atoms with E-state index in [4.69, 9.17) is 14.1 Å². The second-order valence-corrected chi connectivity index (χ2v) is 8.50. The molecule has 1 aliphatic heterocycles. The highest BCUT2D eigenvalue weighted by molar-refractivity contribution is 5.72. The second kappa shape index (κ2) is 8.33. The molecule has 0 amide bonds. The molecule has 3 aromatic heterocycles. The van der Waals surface area contributed by atoms with E-state index >= 15 is 0 Å². The molecule has 0 unspecified atom stereocenters. The van der Waals surface area contributed by atoms with Crippen LogP contribution in [0.5, 0.6) is 5.88 Å². The van der Waals surface area contributed by atoms with Crippen molar-refractivity contribution in [1.29, 1.82) is 0 Å². The van der Waals surface area contributed by atoms with Crippen molar-refractivity contribution in [2.75, 3.05) is 18.6 Å². The van der Waals surface area contributed by atoms with E-state index in [0.29, 0.717) is 35.9 Å². The van der Waals surface area contributed by atoms with Gasteiger partial charge in [0.1, 0.15) is 17.7 Å². The molecular formula is C25H23N7O2. The van der Waals surface area contributed by atoms with Gasteiger partial charge in [-0.1, -0.05) is 24.3 Å². The summed E-state index contributed by atoms with van der Waals surface area (Å²) in [5.41, 5.74) is 4.80. The first-order valence-electron chi connectivity index (χ1n) is 11.3. The molecular weight excluding hydrogens is 430 g/mol. The highest BCUT2D eigenvalue weighted by atomic mass is 16.5. The van der Waals surface area contributed by atoms with Gasteiger partial charge in [-0.05, 0) is 30.5 Å². The van der Waals surface area contributed by atoms with Crippen LogP contribution in [0.15, 0.2) is 47.3 Å². The number of ether oxygens (including phenoxy) is 1. The van der Waals surface area contributed by atoms with Crippen molar-refractivity contribution in [2.45, 2.75) is 32.2 Å². The molecule has 6 rings (SSSR count). The number of hydrogen-bond donors (Lipinski definition) is 0. The van der Waals surface area contributed by atoms with Gasteiger partial charge in [0.2, 0.25) is 17.7 Å². The minimum Gasteiger partial charge on any atom is -0.480 e. The minimum absolute atomic E-state index is 0.420. The van der Waals surface area contributed by atoms with Crippen LogP contribution in [0.25, 0.3) is 28.9 Å². The molecule has 4 heterocycles. The van der Waals surface area contributed by atoms with E-state index in [0.717, 1.165) is 53.2 Å². The van der Waals surface area contributed by atoms with Crippen LogP contribution in [0.3, 0.4) is 0 Å². The van der Waals surface area contributed by atoms with E-state index in [-0.39, 0.29) is 0 Å². The monoisotopic (exact) mass is 453 g/mol. The Kier molecular flexibility index (Phi) is 5.01. The molecule has 0 radical (unpaired) electrons. The van der Waals surface area contributed by atoms with Gasteiger partial charge in [0.25, 0.3) is 0 Å². The maximum atomic E-state index is 5.56. The van der Waals surface area contributed by atoms with Gasteiger partial charge in [0.05, 0.1) is 12.8 Å². The molecule has 4 aromatic rings. The number of fused-ring (bicyclic) bond motifs is 1. The van der Waals surface area contributed by atoms with Crippen molar-refractivity contribution < 1.29 is 9.15 Å². The van der Waals surface area contributed by atoms with E-state index in [2.05, 4.69) is 54.3 Å². The van der Waals surface area contributed by atoms with Crippen molar-refractivity contribution in [3.05, 3.63) is 65.6 Å². The van der Waals surface area contributed by atoms with E-state index in [9.17, 15) is 0 Å². The van der Waals surface area contributed by atoms with E-state index in [1.165, 1.54) is 0 Å². The summed E-state index contributed by atoms with van der Waals surface area (Å²) in [6.45, 7) is 3.24. The highest BCUT2D eigenvalue weighted by Crippen LogP contribution is 2.45. The molecule has 1 aliphatic carbocycles. The summed E-state index contributed by atoms with van der Waals surface area (Å²) in [6, 6.07) is 8.16. The van der Waals surface area contributed by atoms with E-state index < -0.39 is 0 Å². The maximum absolute atomic E-state index is 5.56. The van der Waals surface area contributed by atoms with Gasteiger partial charge in [-0.25, -0.2) is 19.9 Å². The lowest BCUT2D eigenvalue weighted by atomic mass is 10.1. The van der Waals surface area contributed by atoms with Crippen LogP contribution in [0.4, 0.5) is 5.82 Å². The van der Waals surface area contributed by atoms with Crippen LogP contribution >= 0.6 is 0 Å². The molecule has 9 heteroatoms. The zero-order valence-electron chi connectivity index (χ0n) is 19.0. The summed E-state index contributed by atoms with van der Waals surface area (Å²) in [6.07, 6.45) is 9.85. The number of methoxy groups -OCH3 is 1. The number of aryl methyl sites for hydroxylation is 1. The topological polar surface area (TPSA) is 103 Å². The number of nitrogens with zero attached hydrogens (tertiary/aromatic N) is 7. The Morgan fingerprint density at radius 1 is 1.09 bits per heavy atom. The Morgan fingerprint density at radius 2 is 1.94 bits per heavy atom. The standard InChI is InChI=1S/C25H23N7O2/c1-15-30-31-24(34-15)18-7-5-16(6-8-18)13-32-11-3-4-19-12-26-22(29-23(19)32)20-21(17-9-10-17)27-14-28-25(20)33-2/h3-8,12,14,17H,9-11,13H2,1-2H3. The lowest BCUT2D eigenvalue weighted by Gasteiger charge is -2.27. The van der Waals surface area contributed by atoms with Crippen LogP contribution in [0.2, 0.25) is 0 Å². The van der Waals surface area contributed by atoms with Crippen LogP contribution in [0, 0.1) is 6.92 Å². The SMILES string of the molecule is COc1ncnc(C2CC2)c1-c1ncc2c(n1)N(Cc1ccc(-c3nnc(C)o3)cc1)CC=C2. The van der Waals surface area contributed by atoms with Gasteiger partial charge < -0.3 is 14.1 Å². The number of hydrogen-bond acceptors (Lipinski definition) is 9. The normalized spacial score (nSPS) is 14.8. The zero-order valence-corrected chi connectivity index (χ0v) is 19.0. The predicted octanol–water partition coefficient (Wildman–Crippen LogP) is 4.21. The fourth-order valence-electron chi connectivity index (χ4n) is 4.21. The molecule has 0 saturated heterocycles. The molecule has 0 atom stereocenters. The Morgan fingerprint density at radius 3 is 2.68 bits per heavy atom. The summed E-state index contributed by atoms with van der Waals surface area (Å²) in [7, 11) is 1.62. The molecule has 1 saturated carbocycles. The molecule has 9 nitrogen and oxygen atoms in total. The van der Waals surface area contributed by atoms with E-state index in [1.54, 1.807) is 20.4 Å². The van der Waals surface area contributed by atoms with Gasteiger partial charge in [-0.3, -0.25) is 0 Å². The van der Waals surface area contributed by atoms with Crippen LogP contribution < -0.4 is 9.64 Å².